The molecule has 4 aromatic rings. The highest BCUT2D eigenvalue weighted by molar-refractivity contribution is 6.34. The number of halogens is 3. The van der Waals surface area contributed by atoms with E-state index in [0.717, 1.165) is 0 Å². The minimum absolute atomic E-state index is 0.230. The van der Waals surface area contributed by atoms with Crippen LogP contribution in [0.4, 0.5) is 14.5 Å². The van der Waals surface area contributed by atoms with Crippen LogP contribution in [0.15, 0.2) is 55.0 Å². The Kier molecular flexibility index (Phi) is 5.79. The summed E-state index contributed by atoms with van der Waals surface area (Å²) < 4.78 is 29.1. The molecule has 0 amide bonds. The lowest BCUT2D eigenvalue weighted by Crippen LogP contribution is -2.19. The first kappa shape index (κ1) is 22.0. The Morgan fingerprint density at radius 1 is 1.00 bits per heavy atom. The topological polar surface area (TPSA) is 70.9 Å². The summed E-state index contributed by atoms with van der Waals surface area (Å²) in [5.74, 6) is -0.606. The van der Waals surface area contributed by atoms with Gasteiger partial charge in [-0.1, -0.05) is 29.8 Å². The number of fused-ring (bicyclic) bond motifs is 1. The van der Waals surface area contributed by atoms with Gasteiger partial charge in [-0.3, -0.25) is 4.98 Å². The quantitative estimate of drug-likeness (QED) is 0.385. The van der Waals surface area contributed by atoms with Gasteiger partial charge in [0.1, 0.15) is 17.2 Å². The first-order valence-corrected chi connectivity index (χ1v) is 10.4. The van der Waals surface area contributed by atoms with E-state index < -0.39 is 17.5 Å². The Morgan fingerprint density at radius 3 is 2.34 bits per heavy atom. The van der Waals surface area contributed by atoms with Gasteiger partial charge in [0, 0.05) is 46.7 Å². The molecule has 164 valence electrons. The molecule has 0 bridgehead atoms. The van der Waals surface area contributed by atoms with Gasteiger partial charge in [-0.25, -0.2) is 18.7 Å². The molecule has 5 nitrogen and oxygen atoms in total. The molecule has 0 aliphatic carbocycles. The number of hydrogen-bond acceptors (Lipinski definition) is 5. The number of anilines is 1. The maximum Gasteiger partial charge on any atom is 0.159 e. The summed E-state index contributed by atoms with van der Waals surface area (Å²) in [5, 5.41) is 14.2. The van der Waals surface area contributed by atoms with Crippen LogP contribution in [0.5, 0.6) is 0 Å². The molecule has 0 aliphatic rings. The van der Waals surface area contributed by atoms with Crippen LogP contribution in [0, 0.1) is 11.6 Å². The molecule has 4 rings (SSSR count). The molecule has 2 N–H and O–H groups in total. The van der Waals surface area contributed by atoms with Gasteiger partial charge in [0.15, 0.2) is 5.82 Å². The normalized spacial score (nSPS) is 12.7. The molecule has 2 heterocycles. The Hall–Kier alpha value is -3.16. The van der Waals surface area contributed by atoms with Crippen LogP contribution in [0.3, 0.4) is 0 Å². The van der Waals surface area contributed by atoms with Crippen LogP contribution < -0.4 is 5.32 Å². The third-order valence-corrected chi connectivity index (χ3v) is 5.44. The summed E-state index contributed by atoms with van der Waals surface area (Å²) in [6.45, 7) is 4.95. The van der Waals surface area contributed by atoms with E-state index in [1.54, 1.807) is 38.1 Å². The molecule has 0 fully saturated rings. The smallest absolute Gasteiger partial charge is 0.159 e. The molecular weight excluding hydrogens is 434 g/mol. The van der Waals surface area contributed by atoms with E-state index >= 15 is 0 Å². The fraction of sp³-hybridized carbons (Fsp3) is 0.208. The van der Waals surface area contributed by atoms with Gasteiger partial charge in [-0.15, -0.1) is 0 Å². The molecule has 1 unspecified atom stereocenters. The van der Waals surface area contributed by atoms with Gasteiger partial charge in [0.2, 0.25) is 0 Å². The van der Waals surface area contributed by atoms with Gasteiger partial charge in [0.25, 0.3) is 0 Å². The summed E-state index contributed by atoms with van der Waals surface area (Å²) in [5.41, 5.74) is 0.871. The minimum Gasteiger partial charge on any atom is -0.382 e. The van der Waals surface area contributed by atoms with E-state index in [1.807, 2.05) is 6.92 Å². The predicted octanol–water partition coefficient (Wildman–Crippen LogP) is 6.02. The molecule has 8 heteroatoms. The van der Waals surface area contributed by atoms with E-state index in [2.05, 4.69) is 20.3 Å². The van der Waals surface area contributed by atoms with Crippen LogP contribution in [0.1, 0.15) is 38.2 Å². The third-order valence-electron chi connectivity index (χ3n) is 5.15. The average molecular weight is 455 g/mol. The number of hydrogen-bond donors (Lipinski definition) is 2. The van der Waals surface area contributed by atoms with Crippen molar-refractivity contribution in [2.75, 3.05) is 5.32 Å². The zero-order chi connectivity index (χ0) is 23.0. The highest BCUT2D eigenvalue weighted by atomic mass is 35.5. The highest BCUT2D eigenvalue weighted by Crippen LogP contribution is 2.36. The number of benzene rings is 2. The number of nitrogens with one attached hydrogen (secondary N) is 1. The lowest BCUT2D eigenvalue weighted by molar-refractivity contribution is 0.0687. The molecule has 32 heavy (non-hydrogen) atoms. The number of aliphatic hydroxyl groups is 1. The zero-order valence-corrected chi connectivity index (χ0v) is 18.5. The Bertz CT molecular complexity index is 1290. The minimum atomic E-state index is -1.21. The molecule has 0 spiro atoms. The van der Waals surface area contributed by atoms with E-state index in [-0.39, 0.29) is 17.2 Å². The van der Waals surface area contributed by atoms with Crippen molar-refractivity contribution in [2.45, 2.75) is 32.4 Å². The lowest BCUT2D eigenvalue weighted by Gasteiger charge is -2.19. The molecule has 0 saturated heterocycles. The van der Waals surface area contributed by atoms with Crippen LogP contribution in [-0.2, 0) is 5.60 Å². The SMILES string of the molecule is CC(Nc1c(Cl)cnc2cc(F)c(-c3cnc(C(C)(C)O)nc3)cc12)c1ccccc1F. The van der Waals surface area contributed by atoms with Crippen LogP contribution in [-0.4, -0.2) is 20.1 Å². The summed E-state index contributed by atoms with van der Waals surface area (Å²) in [4.78, 5) is 12.5. The number of rotatable bonds is 5. The monoisotopic (exact) mass is 454 g/mol. The van der Waals surface area contributed by atoms with E-state index in [1.165, 1.54) is 30.7 Å². The van der Waals surface area contributed by atoms with Crippen molar-refractivity contribution in [3.05, 3.63) is 83.0 Å². The van der Waals surface area contributed by atoms with Gasteiger partial charge in [-0.05, 0) is 32.9 Å². The third kappa shape index (κ3) is 4.26. The fourth-order valence-corrected chi connectivity index (χ4v) is 3.67. The maximum absolute atomic E-state index is 14.9. The molecule has 0 aliphatic heterocycles. The molecule has 0 saturated carbocycles. The summed E-state index contributed by atoms with van der Waals surface area (Å²) >= 11 is 6.42. The second-order valence-electron chi connectivity index (χ2n) is 8.07. The second-order valence-corrected chi connectivity index (χ2v) is 8.48. The number of aromatic nitrogens is 3. The van der Waals surface area contributed by atoms with Gasteiger partial charge >= 0.3 is 0 Å². The van der Waals surface area contributed by atoms with E-state index in [9.17, 15) is 13.9 Å². The van der Waals surface area contributed by atoms with Crippen molar-refractivity contribution in [1.82, 2.24) is 15.0 Å². The van der Waals surface area contributed by atoms with E-state index in [0.29, 0.717) is 32.7 Å². The Balaban J connectivity index is 1.79. The molecular formula is C24H21ClF2N4O. The Morgan fingerprint density at radius 2 is 1.69 bits per heavy atom. The average Bonchev–Trinajstić information content (AvgIpc) is 2.75. The lowest BCUT2D eigenvalue weighted by atomic mass is 10.0. The van der Waals surface area contributed by atoms with Crippen molar-refractivity contribution < 1.29 is 13.9 Å². The van der Waals surface area contributed by atoms with Crippen LogP contribution >= 0.6 is 11.6 Å². The van der Waals surface area contributed by atoms with Crippen LogP contribution in [0.2, 0.25) is 5.02 Å². The second kappa shape index (κ2) is 8.41. The van der Waals surface area contributed by atoms with Crippen molar-refractivity contribution in [1.29, 1.82) is 0 Å². The summed E-state index contributed by atoms with van der Waals surface area (Å²) in [7, 11) is 0. The number of nitrogens with zero attached hydrogens (tertiary/aromatic N) is 3. The molecule has 1 atom stereocenters. The number of pyridine rings is 1. The van der Waals surface area contributed by atoms with Crippen molar-refractivity contribution in [3.63, 3.8) is 0 Å². The first-order chi connectivity index (χ1) is 15.1. The van der Waals surface area contributed by atoms with Crippen molar-refractivity contribution >= 4 is 28.2 Å². The standard InChI is InChI=1S/C24H21ClF2N4O/c1-13(15-6-4-5-7-19(15)26)31-22-17-8-16(20(27)9-21(17)28-12-18(22)25)14-10-29-23(30-11-14)24(2,3)32/h4-13,32H,1-3H3,(H,28,31). The molecule has 2 aromatic heterocycles. The largest absolute Gasteiger partial charge is 0.382 e. The van der Waals surface area contributed by atoms with Crippen LogP contribution in [0.25, 0.3) is 22.0 Å². The van der Waals surface area contributed by atoms with Gasteiger partial charge in [-0.2, -0.15) is 0 Å². The highest BCUT2D eigenvalue weighted by Gasteiger charge is 2.21. The van der Waals surface area contributed by atoms with Gasteiger partial charge < -0.3 is 10.4 Å². The zero-order valence-electron chi connectivity index (χ0n) is 17.7. The predicted molar refractivity (Wildman–Crippen MR) is 121 cm³/mol. The summed E-state index contributed by atoms with van der Waals surface area (Å²) in [6.07, 6.45) is 4.34. The van der Waals surface area contributed by atoms with Gasteiger partial charge in [0.05, 0.1) is 22.3 Å². The molecule has 2 aromatic carbocycles. The van der Waals surface area contributed by atoms with Crippen molar-refractivity contribution in [3.8, 4) is 11.1 Å². The summed E-state index contributed by atoms with van der Waals surface area (Å²) in [6, 6.07) is 8.99. The molecule has 0 radical (unpaired) electrons. The maximum atomic E-state index is 14.9. The Labute approximate surface area is 189 Å². The van der Waals surface area contributed by atoms with Crippen molar-refractivity contribution in [2.24, 2.45) is 0 Å². The van der Waals surface area contributed by atoms with E-state index in [4.69, 9.17) is 11.6 Å². The fourth-order valence-electron chi connectivity index (χ4n) is 3.46. The first-order valence-electron chi connectivity index (χ1n) is 9.99.